The Labute approximate surface area is 170 Å². The number of fused-ring (bicyclic) bond motifs is 4. The third kappa shape index (κ3) is 3.29. The van der Waals surface area contributed by atoms with Gasteiger partial charge in [-0.3, -0.25) is 4.79 Å². The van der Waals surface area contributed by atoms with Crippen LogP contribution in [0.4, 0.5) is 5.69 Å². The molecule has 2 atom stereocenters. The van der Waals surface area contributed by atoms with Crippen molar-refractivity contribution in [3.8, 4) is 0 Å². The van der Waals surface area contributed by atoms with E-state index >= 15 is 0 Å². The van der Waals surface area contributed by atoms with Gasteiger partial charge in [-0.1, -0.05) is 0 Å². The molecule has 1 amide bonds. The monoisotopic (exact) mass is 399 g/mol. The number of hydrogen-bond donors (Lipinski definition) is 1. The fourth-order valence-corrected chi connectivity index (χ4v) is 5.86. The summed E-state index contributed by atoms with van der Waals surface area (Å²) in [7, 11) is 4.31. The summed E-state index contributed by atoms with van der Waals surface area (Å²) >= 11 is 1.44. The van der Waals surface area contributed by atoms with Gasteiger partial charge in [0.05, 0.1) is 4.70 Å². The van der Waals surface area contributed by atoms with Gasteiger partial charge >= 0.3 is 0 Å². The van der Waals surface area contributed by atoms with Crippen molar-refractivity contribution in [1.82, 2.24) is 19.5 Å². The molecule has 0 unspecified atom stereocenters. The number of nitrogens with one attached hydrogen (secondary N) is 1. The Balaban J connectivity index is 1.32. The SMILES string of the molecule is CN(C)[C@H]1CCN(c2ccc3c(C(=O)N[C@@H]4CN5CCC4CC5)nsc3c2)C1. The van der Waals surface area contributed by atoms with Gasteiger partial charge in [-0.2, -0.15) is 4.37 Å². The number of nitrogens with zero attached hydrogens (tertiary/aromatic N) is 4. The highest BCUT2D eigenvalue weighted by Crippen LogP contribution is 2.31. The molecule has 6 rings (SSSR count). The minimum absolute atomic E-state index is 0.00778. The van der Waals surface area contributed by atoms with E-state index in [1.165, 1.54) is 49.6 Å². The predicted molar refractivity (Wildman–Crippen MR) is 114 cm³/mol. The number of rotatable bonds is 4. The van der Waals surface area contributed by atoms with Gasteiger partial charge in [-0.25, -0.2) is 0 Å². The van der Waals surface area contributed by atoms with Crippen LogP contribution in [0.3, 0.4) is 0 Å². The van der Waals surface area contributed by atoms with Gasteiger partial charge in [0, 0.05) is 42.8 Å². The second-order valence-electron chi connectivity index (χ2n) is 8.78. The van der Waals surface area contributed by atoms with E-state index in [4.69, 9.17) is 0 Å². The zero-order valence-corrected chi connectivity index (χ0v) is 17.5. The molecule has 1 aromatic heterocycles. The van der Waals surface area contributed by atoms with E-state index in [-0.39, 0.29) is 11.9 Å². The number of piperidine rings is 3. The maximum atomic E-state index is 12.9. The number of hydrogen-bond acceptors (Lipinski definition) is 6. The third-order valence-electron chi connectivity index (χ3n) is 6.90. The Bertz CT molecular complexity index is 873. The van der Waals surface area contributed by atoms with Crippen molar-refractivity contribution < 1.29 is 4.79 Å². The third-order valence-corrected chi connectivity index (χ3v) is 7.71. The van der Waals surface area contributed by atoms with E-state index in [9.17, 15) is 4.79 Å². The predicted octanol–water partition coefficient (Wildman–Crippen LogP) is 2.26. The quantitative estimate of drug-likeness (QED) is 0.855. The number of benzene rings is 1. The summed E-state index contributed by atoms with van der Waals surface area (Å²) in [5.74, 6) is 0.622. The van der Waals surface area contributed by atoms with Gasteiger partial charge < -0.3 is 20.0 Å². The summed E-state index contributed by atoms with van der Waals surface area (Å²) in [6, 6.07) is 7.33. The first kappa shape index (κ1) is 18.3. The Morgan fingerprint density at radius 3 is 2.68 bits per heavy atom. The average Bonchev–Trinajstić information content (AvgIpc) is 3.36. The molecule has 0 radical (unpaired) electrons. The van der Waals surface area contributed by atoms with E-state index in [1.54, 1.807) is 0 Å². The van der Waals surface area contributed by atoms with Crippen molar-refractivity contribution in [3.05, 3.63) is 23.9 Å². The van der Waals surface area contributed by atoms with Crippen molar-refractivity contribution in [1.29, 1.82) is 0 Å². The molecule has 7 heteroatoms. The zero-order valence-electron chi connectivity index (χ0n) is 16.7. The Morgan fingerprint density at radius 2 is 2.00 bits per heavy atom. The summed E-state index contributed by atoms with van der Waals surface area (Å²) in [6.45, 7) is 5.50. The van der Waals surface area contributed by atoms with Gasteiger partial charge in [-0.05, 0) is 82.1 Å². The number of amides is 1. The summed E-state index contributed by atoms with van der Waals surface area (Å²) in [5, 5.41) is 4.26. The molecule has 5 heterocycles. The van der Waals surface area contributed by atoms with Crippen molar-refractivity contribution in [2.24, 2.45) is 5.92 Å². The normalized spacial score (nSPS) is 29.8. The minimum atomic E-state index is -0.00778. The zero-order chi connectivity index (χ0) is 19.3. The van der Waals surface area contributed by atoms with Crippen molar-refractivity contribution in [2.75, 3.05) is 51.7 Å². The van der Waals surface area contributed by atoms with Crippen LogP contribution >= 0.6 is 11.5 Å². The Morgan fingerprint density at radius 1 is 1.18 bits per heavy atom. The van der Waals surface area contributed by atoms with Crippen molar-refractivity contribution >= 4 is 33.2 Å². The van der Waals surface area contributed by atoms with E-state index in [1.807, 2.05) is 0 Å². The molecular weight excluding hydrogens is 370 g/mol. The molecule has 6 nitrogen and oxygen atoms in total. The Kier molecular flexibility index (Phi) is 4.77. The maximum absolute atomic E-state index is 12.9. The van der Waals surface area contributed by atoms with Crippen molar-refractivity contribution in [3.63, 3.8) is 0 Å². The van der Waals surface area contributed by atoms with E-state index < -0.39 is 0 Å². The van der Waals surface area contributed by atoms with Crippen molar-refractivity contribution in [2.45, 2.75) is 31.3 Å². The highest BCUT2D eigenvalue weighted by Gasteiger charge is 2.35. The van der Waals surface area contributed by atoms with Crippen LogP contribution in [0, 0.1) is 5.92 Å². The van der Waals surface area contributed by atoms with Gasteiger partial charge in [-0.15, -0.1) is 0 Å². The summed E-state index contributed by atoms with van der Waals surface area (Å²) in [4.78, 5) is 20.1. The minimum Gasteiger partial charge on any atom is -0.370 e. The first-order chi connectivity index (χ1) is 13.6. The average molecular weight is 400 g/mol. The number of carbonyl (C=O) groups excluding carboxylic acids is 1. The number of anilines is 1. The number of likely N-dealkylation sites (N-methyl/N-ethyl adjacent to an activating group) is 1. The molecule has 150 valence electrons. The highest BCUT2D eigenvalue weighted by molar-refractivity contribution is 7.13. The van der Waals surface area contributed by atoms with Crippen LogP contribution in [0.5, 0.6) is 0 Å². The fourth-order valence-electron chi connectivity index (χ4n) is 5.05. The number of aromatic nitrogens is 1. The molecular formula is C21H29N5OS. The second-order valence-corrected chi connectivity index (χ2v) is 9.59. The molecule has 0 saturated carbocycles. The maximum Gasteiger partial charge on any atom is 0.271 e. The smallest absolute Gasteiger partial charge is 0.271 e. The molecule has 1 N–H and O–H groups in total. The number of carbonyl (C=O) groups is 1. The molecule has 4 fully saturated rings. The van der Waals surface area contributed by atoms with Crippen LogP contribution < -0.4 is 10.2 Å². The first-order valence-electron chi connectivity index (χ1n) is 10.4. The lowest BCUT2D eigenvalue weighted by Gasteiger charge is -2.44. The molecule has 4 aliphatic heterocycles. The molecule has 4 aliphatic rings. The Hall–Kier alpha value is -1.70. The summed E-state index contributed by atoms with van der Waals surface area (Å²) in [5.41, 5.74) is 1.83. The molecule has 2 bridgehead atoms. The van der Waals surface area contributed by atoms with Crippen LogP contribution in [-0.4, -0.2) is 79.0 Å². The van der Waals surface area contributed by atoms with Gasteiger partial charge in [0.2, 0.25) is 0 Å². The van der Waals surface area contributed by atoms with Crippen LogP contribution in [0.1, 0.15) is 29.8 Å². The molecule has 2 aromatic rings. The van der Waals surface area contributed by atoms with Gasteiger partial charge in [0.15, 0.2) is 0 Å². The standard InChI is InChI=1S/C21H29N5OS/c1-24(2)16-7-10-26(12-16)15-3-4-17-19(11-15)28-23-20(17)21(27)22-18-13-25-8-5-14(18)6-9-25/h3-4,11,14,16,18H,5-10,12-13H2,1-2H3,(H,22,27)/t16-,18+/m0/s1. The lowest BCUT2D eigenvalue weighted by molar-refractivity contribution is 0.0619. The first-order valence-corrected chi connectivity index (χ1v) is 11.2. The van der Waals surface area contributed by atoms with E-state index in [2.05, 4.69) is 56.7 Å². The highest BCUT2D eigenvalue weighted by atomic mass is 32.1. The lowest BCUT2D eigenvalue weighted by Crippen LogP contribution is -2.57. The van der Waals surface area contributed by atoms with Gasteiger partial charge in [0.25, 0.3) is 5.91 Å². The molecule has 1 aromatic carbocycles. The molecule has 28 heavy (non-hydrogen) atoms. The van der Waals surface area contributed by atoms with Crippen LogP contribution in [-0.2, 0) is 0 Å². The summed E-state index contributed by atoms with van der Waals surface area (Å²) in [6.07, 6.45) is 3.60. The topological polar surface area (TPSA) is 51.7 Å². The summed E-state index contributed by atoms with van der Waals surface area (Å²) < 4.78 is 5.62. The van der Waals surface area contributed by atoms with Crippen LogP contribution in [0.15, 0.2) is 18.2 Å². The molecule has 0 aliphatic carbocycles. The second kappa shape index (κ2) is 7.28. The van der Waals surface area contributed by atoms with E-state index in [0.717, 1.165) is 29.7 Å². The van der Waals surface area contributed by atoms with Crippen LogP contribution in [0.2, 0.25) is 0 Å². The fraction of sp³-hybridized carbons (Fsp3) is 0.619. The lowest BCUT2D eigenvalue weighted by atomic mass is 9.84. The van der Waals surface area contributed by atoms with E-state index in [0.29, 0.717) is 17.7 Å². The van der Waals surface area contributed by atoms with Gasteiger partial charge in [0.1, 0.15) is 5.69 Å². The largest absolute Gasteiger partial charge is 0.370 e. The molecule has 0 spiro atoms. The van der Waals surface area contributed by atoms with Crippen LogP contribution in [0.25, 0.3) is 10.1 Å². The molecule has 4 saturated heterocycles.